The number of nitrogens with one attached hydrogen (secondary N) is 1. The minimum Gasteiger partial charge on any atom is -0.367 e. The SMILES string of the molecule is Cc1cc(C)c(C(=O)C2CNCCO2)c(C)c1. The molecule has 17 heavy (non-hydrogen) atoms. The molecule has 1 aliphatic heterocycles. The van der Waals surface area contributed by atoms with Gasteiger partial charge in [0.2, 0.25) is 0 Å². The molecule has 2 rings (SSSR count). The van der Waals surface area contributed by atoms with Crippen LogP contribution in [0.2, 0.25) is 0 Å². The average Bonchev–Trinajstić information content (AvgIpc) is 2.28. The van der Waals surface area contributed by atoms with Crippen LogP contribution in [0.1, 0.15) is 27.0 Å². The third-order valence-electron chi connectivity index (χ3n) is 3.14. The number of hydrogen-bond donors (Lipinski definition) is 1. The second-order valence-electron chi connectivity index (χ2n) is 4.70. The number of morpholine rings is 1. The van der Waals surface area contributed by atoms with E-state index in [0.29, 0.717) is 13.2 Å². The fraction of sp³-hybridized carbons (Fsp3) is 0.500. The van der Waals surface area contributed by atoms with Crippen LogP contribution in [0.15, 0.2) is 12.1 Å². The fourth-order valence-electron chi connectivity index (χ4n) is 2.46. The summed E-state index contributed by atoms with van der Waals surface area (Å²) in [7, 11) is 0. The first-order valence-corrected chi connectivity index (χ1v) is 6.04. The summed E-state index contributed by atoms with van der Waals surface area (Å²) in [4.78, 5) is 12.4. The van der Waals surface area contributed by atoms with Gasteiger partial charge in [-0.05, 0) is 31.9 Å². The van der Waals surface area contributed by atoms with E-state index in [4.69, 9.17) is 4.74 Å². The van der Waals surface area contributed by atoms with Crippen molar-refractivity contribution in [2.45, 2.75) is 26.9 Å². The molecule has 0 aliphatic carbocycles. The van der Waals surface area contributed by atoms with Gasteiger partial charge in [0.25, 0.3) is 0 Å². The zero-order valence-electron chi connectivity index (χ0n) is 10.7. The number of aryl methyl sites for hydroxylation is 3. The molecule has 1 heterocycles. The van der Waals surface area contributed by atoms with Crippen molar-refractivity contribution in [2.24, 2.45) is 0 Å². The van der Waals surface area contributed by atoms with E-state index < -0.39 is 0 Å². The van der Waals surface area contributed by atoms with Gasteiger partial charge >= 0.3 is 0 Å². The third-order valence-corrected chi connectivity index (χ3v) is 3.14. The molecular formula is C14H19NO2. The number of carbonyl (C=O) groups excluding carboxylic acids is 1. The van der Waals surface area contributed by atoms with Crippen molar-refractivity contribution in [1.29, 1.82) is 0 Å². The Kier molecular flexibility index (Phi) is 3.60. The topological polar surface area (TPSA) is 38.3 Å². The Labute approximate surface area is 102 Å². The summed E-state index contributed by atoms with van der Waals surface area (Å²) >= 11 is 0. The molecule has 0 radical (unpaired) electrons. The van der Waals surface area contributed by atoms with Crippen molar-refractivity contribution in [3.05, 3.63) is 34.4 Å². The van der Waals surface area contributed by atoms with Crippen LogP contribution < -0.4 is 5.32 Å². The van der Waals surface area contributed by atoms with Crippen LogP contribution in [0.3, 0.4) is 0 Å². The summed E-state index contributed by atoms with van der Waals surface area (Å²) in [6.45, 7) is 8.08. The van der Waals surface area contributed by atoms with Crippen LogP contribution in [0.25, 0.3) is 0 Å². The summed E-state index contributed by atoms with van der Waals surface area (Å²) in [5, 5.41) is 3.19. The van der Waals surface area contributed by atoms with Gasteiger partial charge in [-0.15, -0.1) is 0 Å². The van der Waals surface area contributed by atoms with E-state index >= 15 is 0 Å². The molecule has 3 nitrogen and oxygen atoms in total. The Morgan fingerprint density at radius 2 is 1.94 bits per heavy atom. The smallest absolute Gasteiger partial charge is 0.193 e. The highest BCUT2D eigenvalue weighted by Gasteiger charge is 2.25. The van der Waals surface area contributed by atoms with Gasteiger partial charge in [-0.2, -0.15) is 0 Å². The predicted molar refractivity (Wildman–Crippen MR) is 67.6 cm³/mol. The number of Topliss-reactive ketones (excluding diaryl/α,β-unsaturated/α-hetero) is 1. The van der Waals surface area contributed by atoms with Gasteiger partial charge in [-0.1, -0.05) is 17.7 Å². The number of rotatable bonds is 2. The van der Waals surface area contributed by atoms with Crippen molar-refractivity contribution in [2.75, 3.05) is 19.7 Å². The summed E-state index contributed by atoms with van der Waals surface area (Å²) in [6, 6.07) is 4.10. The van der Waals surface area contributed by atoms with Gasteiger partial charge in [0, 0.05) is 18.7 Å². The quantitative estimate of drug-likeness (QED) is 0.791. The van der Waals surface area contributed by atoms with E-state index in [1.807, 2.05) is 20.8 Å². The molecule has 1 aromatic rings. The van der Waals surface area contributed by atoms with E-state index in [1.54, 1.807) is 0 Å². The highest BCUT2D eigenvalue weighted by Crippen LogP contribution is 2.19. The summed E-state index contributed by atoms with van der Waals surface area (Å²) in [5.41, 5.74) is 4.10. The van der Waals surface area contributed by atoms with E-state index in [1.165, 1.54) is 5.56 Å². The molecule has 1 atom stereocenters. The van der Waals surface area contributed by atoms with Gasteiger partial charge in [-0.3, -0.25) is 4.79 Å². The van der Waals surface area contributed by atoms with Crippen LogP contribution in [0, 0.1) is 20.8 Å². The molecule has 0 bridgehead atoms. The first-order valence-electron chi connectivity index (χ1n) is 6.04. The first-order chi connectivity index (χ1) is 8.09. The predicted octanol–water partition coefficient (Wildman–Crippen LogP) is 1.78. The molecule has 1 unspecified atom stereocenters. The Morgan fingerprint density at radius 3 is 2.47 bits per heavy atom. The van der Waals surface area contributed by atoms with Crippen molar-refractivity contribution in [3.8, 4) is 0 Å². The lowest BCUT2D eigenvalue weighted by Crippen LogP contribution is -2.43. The van der Waals surface area contributed by atoms with Crippen molar-refractivity contribution in [3.63, 3.8) is 0 Å². The van der Waals surface area contributed by atoms with E-state index in [9.17, 15) is 4.79 Å². The number of benzene rings is 1. The monoisotopic (exact) mass is 233 g/mol. The van der Waals surface area contributed by atoms with Gasteiger partial charge in [-0.25, -0.2) is 0 Å². The van der Waals surface area contributed by atoms with E-state index in [-0.39, 0.29) is 11.9 Å². The van der Waals surface area contributed by atoms with Crippen LogP contribution in [0.5, 0.6) is 0 Å². The second kappa shape index (κ2) is 4.98. The van der Waals surface area contributed by atoms with Gasteiger partial charge in [0.05, 0.1) is 6.61 Å². The summed E-state index contributed by atoms with van der Waals surface area (Å²) in [5.74, 6) is 0.104. The standard InChI is InChI=1S/C14H19NO2/c1-9-6-10(2)13(11(3)7-9)14(16)12-8-15-4-5-17-12/h6-7,12,15H,4-5,8H2,1-3H3. The molecular weight excluding hydrogens is 214 g/mol. The molecule has 1 aliphatic rings. The molecule has 1 saturated heterocycles. The zero-order valence-corrected chi connectivity index (χ0v) is 10.7. The number of ether oxygens (including phenoxy) is 1. The summed E-state index contributed by atoms with van der Waals surface area (Å²) < 4.78 is 5.52. The summed E-state index contributed by atoms with van der Waals surface area (Å²) in [6.07, 6.45) is -0.330. The fourth-order valence-corrected chi connectivity index (χ4v) is 2.46. The maximum absolute atomic E-state index is 12.4. The normalized spacial score (nSPS) is 20.3. The number of hydrogen-bond acceptors (Lipinski definition) is 3. The van der Waals surface area contributed by atoms with Crippen LogP contribution in [-0.4, -0.2) is 31.6 Å². The van der Waals surface area contributed by atoms with Crippen LogP contribution in [-0.2, 0) is 4.74 Å². The molecule has 0 saturated carbocycles. The zero-order chi connectivity index (χ0) is 12.4. The second-order valence-corrected chi connectivity index (χ2v) is 4.70. The van der Waals surface area contributed by atoms with Crippen molar-refractivity contribution in [1.82, 2.24) is 5.32 Å². The van der Waals surface area contributed by atoms with Gasteiger partial charge in [0.15, 0.2) is 5.78 Å². The van der Waals surface area contributed by atoms with E-state index in [2.05, 4.69) is 17.4 Å². The lowest BCUT2D eigenvalue weighted by atomic mass is 9.94. The van der Waals surface area contributed by atoms with Crippen molar-refractivity contribution >= 4 is 5.78 Å². The molecule has 1 aromatic carbocycles. The Bertz CT molecular complexity index is 411. The minimum atomic E-state index is -0.330. The maximum Gasteiger partial charge on any atom is 0.193 e. The largest absolute Gasteiger partial charge is 0.367 e. The molecule has 0 aromatic heterocycles. The molecule has 92 valence electrons. The van der Waals surface area contributed by atoms with E-state index in [0.717, 1.165) is 23.2 Å². The molecule has 0 spiro atoms. The first kappa shape index (κ1) is 12.3. The lowest BCUT2D eigenvalue weighted by molar-refractivity contribution is 0.0268. The Balaban J connectivity index is 2.30. The highest BCUT2D eigenvalue weighted by molar-refractivity contribution is 6.02. The average molecular weight is 233 g/mol. The molecule has 3 heteroatoms. The third kappa shape index (κ3) is 2.56. The Morgan fingerprint density at radius 1 is 1.29 bits per heavy atom. The lowest BCUT2D eigenvalue weighted by Gasteiger charge is -2.24. The number of carbonyl (C=O) groups is 1. The maximum atomic E-state index is 12.4. The van der Waals surface area contributed by atoms with Gasteiger partial charge in [0.1, 0.15) is 6.10 Å². The molecule has 1 N–H and O–H groups in total. The van der Waals surface area contributed by atoms with Gasteiger partial charge < -0.3 is 10.1 Å². The molecule has 0 amide bonds. The number of ketones is 1. The van der Waals surface area contributed by atoms with Crippen LogP contribution >= 0.6 is 0 Å². The Hall–Kier alpha value is -1.19. The van der Waals surface area contributed by atoms with Crippen molar-refractivity contribution < 1.29 is 9.53 Å². The van der Waals surface area contributed by atoms with Crippen LogP contribution in [0.4, 0.5) is 0 Å². The molecule has 1 fully saturated rings. The highest BCUT2D eigenvalue weighted by atomic mass is 16.5. The minimum absolute atomic E-state index is 0.104.